The van der Waals surface area contributed by atoms with Crippen molar-refractivity contribution in [2.45, 2.75) is 73.1 Å². The SMILES string of the molecule is CCCN1CCN(c2cc(C(C)=O)ccc2C2CC(C)(C)CC(C)(C)C2)CC1.Cl. The molecule has 1 saturated carbocycles. The van der Waals surface area contributed by atoms with Crippen LogP contribution in [0.2, 0.25) is 0 Å². The summed E-state index contributed by atoms with van der Waals surface area (Å²) in [5, 5.41) is 0. The highest BCUT2D eigenvalue weighted by Gasteiger charge is 2.40. The van der Waals surface area contributed by atoms with E-state index >= 15 is 0 Å². The van der Waals surface area contributed by atoms with Gasteiger partial charge in [0.2, 0.25) is 0 Å². The van der Waals surface area contributed by atoms with E-state index in [2.05, 4.69) is 62.6 Å². The lowest BCUT2D eigenvalue weighted by Crippen LogP contribution is -2.47. The second-order valence-electron chi connectivity index (χ2n) is 10.8. The van der Waals surface area contributed by atoms with E-state index in [4.69, 9.17) is 0 Å². The maximum absolute atomic E-state index is 12.1. The summed E-state index contributed by atoms with van der Waals surface area (Å²) in [6.45, 7) is 19.2. The molecule has 0 unspecified atom stereocenters. The minimum Gasteiger partial charge on any atom is -0.369 e. The van der Waals surface area contributed by atoms with E-state index < -0.39 is 0 Å². The van der Waals surface area contributed by atoms with Crippen LogP contribution in [0.15, 0.2) is 18.2 Å². The molecule has 0 aromatic heterocycles. The molecule has 2 aliphatic rings. The predicted molar refractivity (Wildman–Crippen MR) is 127 cm³/mol. The van der Waals surface area contributed by atoms with Crippen LogP contribution < -0.4 is 4.90 Å². The van der Waals surface area contributed by atoms with E-state index in [1.807, 2.05) is 0 Å². The molecule has 1 aliphatic carbocycles. The molecule has 4 heteroatoms. The fourth-order valence-electron chi connectivity index (χ4n) is 5.98. The van der Waals surface area contributed by atoms with Gasteiger partial charge in [-0.05, 0) is 67.5 Å². The van der Waals surface area contributed by atoms with Crippen LogP contribution in [0, 0.1) is 10.8 Å². The molecule has 0 radical (unpaired) electrons. The van der Waals surface area contributed by atoms with Gasteiger partial charge in [0.1, 0.15) is 0 Å². The molecule has 0 atom stereocenters. The third-order valence-electron chi connectivity index (χ3n) is 6.68. The first-order valence-electron chi connectivity index (χ1n) is 11.2. The molecule has 0 N–H and O–H groups in total. The number of nitrogens with zero attached hydrogens (tertiary/aromatic N) is 2. The van der Waals surface area contributed by atoms with Crippen LogP contribution in [-0.2, 0) is 0 Å². The molecule has 29 heavy (non-hydrogen) atoms. The van der Waals surface area contributed by atoms with Crippen LogP contribution in [0.25, 0.3) is 0 Å². The van der Waals surface area contributed by atoms with Gasteiger partial charge in [0, 0.05) is 37.4 Å². The topological polar surface area (TPSA) is 23.6 Å². The number of halogens is 1. The number of piperazine rings is 1. The van der Waals surface area contributed by atoms with Crippen molar-refractivity contribution in [2.24, 2.45) is 10.8 Å². The number of benzene rings is 1. The zero-order chi connectivity index (χ0) is 20.5. The maximum Gasteiger partial charge on any atom is 0.159 e. The highest BCUT2D eigenvalue weighted by molar-refractivity contribution is 5.95. The summed E-state index contributed by atoms with van der Waals surface area (Å²) in [7, 11) is 0. The van der Waals surface area contributed by atoms with Crippen molar-refractivity contribution in [1.82, 2.24) is 4.90 Å². The smallest absolute Gasteiger partial charge is 0.159 e. The number of carbonyl (C=O) groups excluding carboxylic acids is 1. The number of rotatable bonds is 5. The average Bonchev–Trinajstić information content (AvgIpc) is 2.59. The molecule has 1 aromatic carbocycles. The van der Waals surface area contributed by atoms with Crippen molar-refractivity contribution < 1.29 is 4.79 Å². The van der Waals surface area contributed by atoms with Crippen LogP contribution in [0.3, 0.4) is 0 Å². The molecule has 1 aromatic rings. The maximum atomic E-state index is 12.1. The van der Waals surface area contributed by atoms with Gasteiger partial charge in [-0.3, -0.25) is 9.69 Å². The second-order valence-corrected chi connectivity index (χ2v) is 10.8. The Balaban J connectivity index is 0.00000300. The first kappa shape index (κ1) is 24.2. The van der Waals surface area contributed by atoms with Crippen molar-refractivity contribution >= 4 is 23.9 Å². The fraction of sp³-hybridized carbons (Fsp3) is 0.720. The van der Waals surface area contributed by atoms with Crippen LogP contribution >= 0.6 is 12.4 Å². The van der Waals surface area contributed by atoms with Gasteiger partial charge in [0.25, 0.3) is 0 Å². The molecule has 1 heterocycles. The van der Waals surface area contributed by atoms with Crippen LogP contribution in [0.1, 0.15) is 89.1 Å². The van der Waals surface area contributed by atoms with Gasteiger partial charge < -0.3 is 4.90 Å². The summed E-state index contributed by atoms with van der Waals surface area (Å²) in [6.07, 6.45) is 4.97. The zero-order valence-electron chi connectivity index (χ0n) is 19.4. The van der Waals surface area contributed by atoms with Crippen LogP contribution in [0.5, 0.6) is 0 Å². The summed E-state index contributed by atoms with van der Waals surface area (Å²) < 4.78 is 0. The van der Waals surface area contributed by atoms with E-state index in [1.165, 1.54) is 43.5 Å². The number of carbonyl (C=O) groups is 1. The van der Waals surface area contributed by atoms with Crippen molar-refractivity contribution in [3.63, 3.8) is 0 Å². The van der Waals surface area contributed by atoms with Gasteiger partial charge in [-0.15, -0.1) is 12.4 Å². The van der Waals surface area contributed by atoms with Gasteiger partial charge in [-0.2, -0.15) is 0 Å². The zero-order valence-corrected chi connectivity index (χ0v) is 20.2. The minimum absolute atomic E-state index is 0. The Kier molecular flexibility index (Phi) is 7.84. The number of hydrogen-bond acceptors (Lipinski definition) is 3. The summed E-state index contributed by atoms with van der Waals surface area (Å²) in [5.74, 6) is 0.741. The first-order valence-corrected chi connectivity index (χ1v) is 11.2. The summed E-state index contributed by atoms with van der Waals surface area (Å²) in [5.41, 5.74) is 4.37. The van der Waals surface area contributed by atoms with Crippen LogP contribution in [-0.4, -0.2) is 43.4 Å². The van der Waals surface area contributed by atoms with Crippen molar-refractivity contribution in [3.8, 4) is 0 Å². The summed E-state index contributed by atoms with van der Waals surface area (Å²) in [4.78, 5) is 17.2. The molecular formula is C25H41ClN2O. The minimum atomic E-state index is 0. The summed E-state index contributed by atoms with van der Waals surface area (Å²) >= 11 is 0. The molecular weight excluding hydrogens is 380 g/mol. The van der Waals surface area contributed by atoms with Crippen LogP contribution in [0.4, 0.5) is 5.69 Å². The summed E-state index contributed by atoms with van der Waals surface area (Å²) in [6, 6.07) is 6.51. The number of hydrogen-bond donors (Lipinski definition) is 0. The van der Waals surface area contributed by atoms with Crippen molar-refractivity contribution in [1.29, 1.82) is 0 Å². The van der Waals surface area contributed by atoms with E-state index in [9.17, 15) is 4.79 Å². The molecule has 2 fully saturated rings. The Morgan fingerprint density at radius 2 is 1.62 bits per heavy atom. The van der Waals surface area contributed by atoms with Gasteiger partial charge in [-0.25, -0.2) is 0 Å². The van der Waals surface area contributed by atoms with E-state index in [1.54, 1.807) is 6.92 Å². The lowest BCUT2D eigenvalue weighted by Gasteiger charge is -2.46. The van der Waals surface area contributed by atoms with Crippen molar-refractivity contribution in [2.75, 3.05) is 37.6 Å². The lowest BCUT2D eigenvalue weighted by molar-refractivity contribution is 0.0967. The molecule has 0 bridgehead atoms. The lowest BCUT2D eigenvalue weighted by atomic mass is 9.60. The van der Waals surface area contributed by atoms with Gasteiger partial charge in [0.05, 0.1) is 0 Å². The van der Waals surface area contributed by atoms with E-state index in [0.717, 1.165) is 31.7 Å². The largest absolute Gasteiger partial charge is 0.369 e. The predicted octanol–water partition coefficient (Wildman–Crippen LogP) is 6.16. The number of Topliss-reactive ketones (excluding diaryl/α,β-unsaturated/α-hetero) is 1. The molecule has 0 amide bonds. The second kappa shape index (κ2) is 9.39. The van der Waals surface area contributed by atoms with E-state index in [0.29, 0.717) is 16.7 Å². The average molecular weight is 421 g/mol. The van der Waals surface area contributed by atoms with Crippen molar-refractivity contribution in [3.05, 3.63) is 29.3 Å². The Bertz CT molecular complexity index is 689. The standard InChI is InChI=1S/C25H40N2O.ClH/c1-7-10-26-11-13-27(14-12-26)23-15-20(19(2)28)8-9-22(23)21-16-24(3,4)18-25(5,6)17-21;/h8-9,15,21H,7,10-14,16-18H2,1-6H3;1H. The number of anilines is 1. The monoisotopic (exact) mass is 420 g/mol. The fourth-order valence-corrected chi connectivity index (χ4v) is 5.98. The normalized spacial score (nSPS) is 22.2. The third kappa shape index (κ3) is 5.98. The molecule has 1 aliphatic heterocycles. The molecule has 1 saturated heterocycles. The Morgan fingerprint density at radius 1 is 1.03 bits per heavy atom. The third-order valence-corrected chi connectivity index (χ3v) is 6.68. The van der Waals surface area contributed by atoms with Gasteiger partial charge >= 0.3 is 0 Å². The Labute approximate surface area is 184 Å². The Morgan fingerprint density at radius 3 is 2.14 bits per heavy atom. The highest BCUT2D eigenvalue weighted by atomic mass is 35.5. The molecule has 3 nitrogen and oxygen atoms in total. The molecule has 3 rings (SSSR count). The Hall–Kier alpha value is -1.06. The quantitative estimate of drug-likeness (QED) is 0.532. The van der Waals surface area contributed by atoms with E-state index in [-0.39, 0.29) is 18.2 Å². The number of ketones is 1. The van der Waals surface area contributed by atoms with Gasteiger partial charge in [0.15, 0.2) is 5.78 Å². The highest BCUT2D eigenvalue weighted by Crippen LogP contribution is 2.53. The molecule has 164 valence electrons. The molecule has 0 spiro atoms. The van der Waals surface area contributed by atoms with Gasteiger partial charge in [-0.1, -0.05) is 46.8 Å². The first-order chi connectivity index (χ1) is 13.1.